The van der Waals surface area contributed by atoms with E-state index in [9.17, 15) is 0 Å². The van der Waals surface area contributed by atoms with Crippen molar-refractivity contribution in [1.29, 1.82) is 0 Å². The van der Waals surface area contributed by atoms with Crippen LogP contribution in [0.2, 0.25) is 5.15 Å². The van der Waals surface area contributed by atoms with E-state index in [4.69, 9.17) is 23.9 Å². The lowest BCUT2D eigenvalue weighted by Crippen LogP contribution is -2.04. The number of fused-ring (bicyclic) bond motifs is 1. The molecule has 0 atom stereocenters. The van der Waals surface area contributed by atoms with E-state index in [1.807, 2.05) is 24.3 Å². The van der Waals surface area contributed by atoms with Gasteiger partial charge >= 0.3 is 0 Å². The molecule has 2 N–H and O–H groups in total. The maximum absolute atomic E-state index is 7.23. The lowest BCUT2D eigenvalue weighted by Gasteiger charge is -2.13. The summed E-state index contributed by atoms with van der Waals surface area (Å²) in [5, 5.41) is 4.69. The summed E-state index contributed by atoms with van der Waals surface area (Å²) in [5.74, 6) is 0.320. The van der Waals surface area contributed by atoms with Crippen LogP contribution >= 0.6 is 11.6 Å². The van der Waals surface area contributed by atoms with Crippen molar-refractivity contribution in [2.24, 2.45) is 0 Å². The predicted molar refractivity (Wildman–Crippen MR) is 97.3 cm³/mol. The fraction of sp³-hybridized carbons (Fsp3) is 0. The normalized spacial score (nSPS) is 10.7. The number of pyridine rings is 1. The molecule has 0 aliphatic heterocycles. The smallest absolute Gasteiger partial charge is 0.187 e. The van der Waals surface area contributed by atoms with Gasteiger partial charge in [0.1, 0.15) is 11.3 Å². The number of nitrogens with two attached hydrogens (primary N) is 1. The first-order chi connectivity index (χ1) is 12.2. The number of rotatable bonds is 2. The summed E-state index contributed by atoms with van der Waals surface area (Å²) >= 11 is 6.09. The largest absolute Gasteiger partial charge is 0.382 e. The summed E-state index contributed by atoms with van der Waals surface area (Å²) in [5.41, 5.74) is 10.3. The van der Waals surface area contributed by atoms with Crippen LogP contribution in [-0.2, 0) is 0 Å². The SMILES string of the molecule is [C-]#[N+]c1cccc(-c2nc(N)c3cc(Cl)nn3c2-c2ccncc2)c1. The second-order valence-electron chi connectivity index (χ2n) is 5.36. The van der Waals surface area contributed by atoms with Gasteiger partial charge in [-0.2, -0.15) is 5.10 Å². The van der Waals surface area contributed by atoms with Crippen molar-refractivity contribution in [3.8, 4) is 22.5 Å². The van der Waals surface area contributed by atoms with Crippen molar-refractivity contribution in [3.05, 3.63) is 71.4 Å². The fourth-order valence-corrected chi connectivity index (χ4v) is 2.91. The first kappa shape index (κ1) is 15.1. The van der Waals surface area contributed by atoms with Crippen LogP contribution < -0.4 is 5.73 Å². The maximum Gasteiger partial charge on any atom is 0.187 e. The Morgan fingerprint density at radius 2 is 1.88 bits per heavy atom. The van der Waals surface area contributed by atoms with Crippen molar-refractivity contribution in [2.45, 2.75) is 0 Å². The highest BCUT2D eigenvalue weighted by atomic mass is 35.5. The van der Waals surface area contributed by atoms with Gasteiger partial charge in [-0.1, -0.05) is 29.8 Å². The molecule has 7 heteroatoms. The van der Waals surface area contributed by atoms with E-state index >= 15 is 0 Å². The van der Waals surface area contributed by atoms with Crippen LogP contribution in [-0.4, -0.2) is 19.6 Å². The molecule has 0 fully saturated rings. The molecule has 0 saturated carbocycles. The standard InChI is InChI=1S/C18H11ClN6/c1-21-13-4-2-3-12(9-13)16-17(11-5-7-22-8-6-11)25-14(18(20)23-16)10-15(19)24-25/h2-10H,(H2,20,23). The van der Waals surface area contributed by atoms with E-state index in [0.29, 0.717) is 27.9 Å². The zero-order valence-electron chi connectivity index (χ0n) is 12.9. The summed E-state index contributed by atoms with van der Waals surface area (Å²) < 4.78 is 1.68. The molecule has 6 nitrogen and oxygen atoms in total. The zero-order chi connectivity index (χ0) is 17.4. The zero-order valence-corrected chi connectivity index (χ0v) is 13.6. The summed E-state index contributed by atoms with van der Waals surface area (Å²) in [6.07, 6.45) is 3.39. The van der Waals surface area contributed by atoms with Crippen molar-refractivity contribution in [2.75, 3.05) is 5.73 Å². The Balaban J connectivity index is 2.12. The van der Waals surface area contributed by atoms with Gasteiger partial charge in [-0.05, 0) is 23.8 Å². The summed E-state index contributed by atoms with van der Waals surface area (Å²) in [4.78, 5) is 12.1. The Labute approximate surface area is 148 Å². The predicted octanol–water partition coefficient (Wildman–Crippen LogP) is 4.24. The van der Waals surface area contributed by atoms with Gasteiger partial charge in [0.05, 0.1) is 18.0 Å². The van der Waals surface area contributed by atoms with E-state index in [-0.39, 0.29) is 0 Å². The molecule has 4 rings (SSSR count). The number of nitrogen functional groups attached to an aromatic ring is 1. The molecule has 3 aromatic heterocycles. The molecule has 120 valence electrons. The molecule has 0 bridgehead atoms. The number of halogens is 1. The quantitative estimate of drug-likeness (QED) is 0.551. The van der Waals surface area contributed by atoms with E-state index in [1.165, 1.54) is 0 Å². The maximum atomic E-state index is 7.23. The van der Waals surface area contributed by atoms with Crippen molar-refractivity contribution in [3.63, 3.8) is 0 Å². The van der Waals surface area contributed by atoms with Crippen molar-refractivity contribution >= 4 is 28.6 Å². The highest BCUT2D eigenvalue weighted by molar-refractivity contribution is 6.29. The molecule has 1 aromatic carbocycles. The average Bonchev–Trinajstić information content (AvgIpc) is 3.04. The molecular weight excluding hydrogens is 336 g/mol. The first-order valence-electron chi connectivity index (χ1n) is 7.40. The molecule has 0 radical (unpaired) electrons. The number of nitrogens with zero attached hydrogens (tertiary/aromatic N) is 5. The molecule has 4 aromatic rings. The Kier molecular flexibility index (Phi) is 3.56. The van der Waals surface area contributed by atoms with Crippen LogP contribution in [0.3, 0.4) is 0 Å². The second-order valence-corrected chi connectivity index (χ2v) is 5.74. The molecule has 25 heavy (non-hydrogen) atoms. The van der Waals surface area contributed by atoms with Crippen LogP contribution in [0.1, 0.15) is 0 Å². The van der Waals surface area contributed by atoms with Crippen LogP contribution in [0.5, 0.6) is 0 Å². The minimum Gasteiger partial charge on any atom is -0.382 e. The molecule has 0 unspecified atom stereocenters. The summed E-state index contributed by atoms with van der Waals surface area (Å²) in [6, 6.07) is 12.6. The monoisotopic (exact) mass is 346 g/mol. The lowest BCUT2D eigenvalue weighted by molar-refractivity contribution is 0.960. The van der Waals surface area contributed by atoms with Gasteiger partial charge in [0, 0.05) is 24.0 Å². The molecule has 0 spiro atoms. The van der Waals surface area contributed by atoms with Gasteiger partial charge in [0.15, 0.2) is 10.8 Å². The average molecular weight is 347 g/mol. The van der Waals surface area contributed by atoms with Crippen molar-refractivity contribution in [1.82, 2.24) is 19.6 Å². The van der Waals surface area contributed by atoms with E-state index in [1.54, 1.807) is 35.1 Å². The van der Waals surface area contributed by atoms with Crippen LogP contribution in [0.4, 0.5) is 11.5 Å². The topological polar surface area (TPSA) is 73.5 Å². The number of hydrogen-bond acceptors (Lipinski definition) is 4. The van der Waals surface area contributed by atoms with Gasteiger partial charge in [-0.25, -0.2) is 14.3 Å². The minimum absolute atomic E-state index is 0.320. The Morgan fingerprint density at radius 3 is 2.64 bits per heavy atom. The van der Waals surface area contributed by atoms with Crippen LogP contribution in [0, 0.1) is 6.57 Å². The van der Waals surface area contributed by atoms with E-state index in [2.05, 4.69) is 19.9 Å². The highest BCUT2D eigenvalue weighted by Gasteiger charge is 2.18. The summed E-state index contributed by atoms with van der Waals surface area (Å²) in [6.45, 7) is 7.23. The minimum atomic E-state index is 0.320. The third kappa shape index (κ3) is 2.57. The van der Waals surface area contributed by atoms with E-state index in [0.717, 1.165) is 16.8 Å². The van der Waals surface area contributed by atoms with Crippen LogP contribution in [0.25, 0.3) is 32.9 Å². The third-order valence-electron chi connectivity index (χ3n) is 3.81. The van der Waals surface area contributed by atoms with Gasteiger partial charge in [-0.15, -0.1) is 0 Å². The Hall–Kier alpha value is -3.43. The molecule has 0 aliphatic carbocycles. The number of hydrogen-bond donors (Lipinski definition) is 1. The third-order valence-corrected chi connectivity index (χ3v) is 4.00. The first-order valence-corrected chi connectivity index (χ1v) is 7.78. The highest BCUT2D eigenvalue weighted by Crippen LogP contribution is 2.34. The second kappa shape index (κ2) is 5.89. The van der Waals surface area contributed by atoms with Crippen molar-refractivity contribution < 1.29 is 0 Å². The van der Waals surface area contributed by atoms with Crippen LogP contribution in [0.15, 0.2) is 54.9 Å². The fourth-order valence-electron chi connectivity index (χ4n) is 2.73. The number of benzene rings is 1. The molecule has 0 saturated heterocycles. The van der Waals surface area contributed by atoms with Gasteiger partial charge in [0.25, 0.3) is 0 Å². The van der Waals surface area contributed by atoms with E-state index < -0.39 is 0 Å². The number of anilines is 1. The Morgan fingerprint density at radius 1 is 1.08 bits per heavy atom. The molecular formula is C18H11ClN6. The molecule has 0 amide bonds. The lowest BCUT2D eigenvalue weighted by atomic mass is 10.0. The Bertz CT molecular complexity index is 1130. The van der Waals surface area contributed by atoms with Gasteiger partial charge in [0.2, 0.25) is 0 Å². The summed E-state index contributed by atoms with van der Waals surface area (Å²) in [7, 11) is 0. The molecule has 0 aliphatic rings. The molecule has 3 heterocycles. The van der Waals surface area contributed by atoms with Gasteiger partial charge in [-0.3, -0.25) is 4.98 Å². The van der Waals surface area contributed by atoms with Gasteiger partial charge < -0.3 is 5.73 Å². The number of aromatic nitrogens is 4.